The fraction of sp³-hybridized carbons (Fsp3) is 0.553. The molecule has 15 nitrogen and oxygen atoms in total. The van der Waals surface area contributed by atoms with Crippen LogP contribution < -0.4 is 5.32 Å². The van der Waals surface area contributed by atoms with E-state index in [-0.39, 0.29) is 24.2 Å². The summed E-state index contributed by atoms with van der Waals surface area (Å²) < 4.78 is 48.3. The summed E-state index contributed by atoms with van der Waals surface area (Å²) in [7, 11) is 2.80. The van der Waals surface area contributed by atoms with Crippen molar-refractivity contribution in [1.82, 2.24) is 5.32 Å². The molecule has 334 valence electrons. The van der Waals surface area contributed by atoms with Gasteiger partial charge in [-0.1, -0.05) is 68.8 Å². The second-order valence-electron chi connectivity index (χ2n) is 18.2. The fourth-order valence-corrected chi connectivity index (χ4v) is 10.2. The maximum atomic E-state index is 15.6. The molecule has 1 saturated heterocycles. The van der Waals surface area contributed by atoms with Crippen molar-refractivity contribution in [2.75, 3.05) is 20.8 Å². The minimum absolute atomic E-state index is 0.120. The zero-order valence-electron chi connectivity index (χ0n) is 36.8. The van der Waals surface area contributed by atoms with Gasteiger partial charge in [-0.3, -0.25) is 9.59 Å². The van der Waals surface area contributed by atoms with E-state index in [1.54, 1.807) is 109 Å². The lowest BCUT2D eigenvalue weighted by Gasteiger charge is -2.67. The van der Waals surface area contributed by atoms with Crippen molar-refractivity contribution < 1.29 is 67.0 Å². The monoisotopic (exact) mass is 859 g/mol. The van der Waals surface area contributed by atoms with Gasteiger partial charge in [0.1, 0.15) is 47.8 Å². The second kappa shape index (κ2) is 17.1. The van der Waals surface area contributed by atoms with Crippen LogP contribution in [0.1, 0.15) is 90.2 Å². The molecule has 3 fully saturated rings. The third-order valence-corrected chi connectivity index (χ3v) is 13.2. The van der Waals surface area contributed by atoms with Crippen LogP contribution in [0.4, 0.5) is 4.79 Å². The van der Waals surface area contributed by atoms with Crippen molar-refractivity contribution in [3.8, 4) is 12.5 Å². The minimum atomic E-state index is -2.22. The van der Waals surface area contributed by atoms with Crippen LogP contribution in [0.2, 0.25) is 0 Å². The van der Waals surface area contributed by atoms with Crippen molar-refractivity contribution in [3.63, 3.8) is 0 Å². The summed E-state index contributed by atoms with van der Waals surface area (Å²) in [6, 6.07) is 15.3. The largest absolute Gasteiger partial charge is 0.455 e. The highest BCUT2D eigenvalue weighted by molar-refractivity contribution is 5.94. The second-order valence-corrected chi connectivity index (χ2v) is 18.2. The molecule has 2 saturated carbocycles. The quantitative estimate of drug-likeness (QED) is 0.130. The van der Waals surface area contributed by atoms with Crippen LogP contribution in [0.5, 0.6) is 0 Å². The molecule has 1 aliphatic heterocycles. The number of alkyl carbamates (subject to hydrolysis) is 1. The molecular formula is C47H57NO14. The van der Waals surface area contributed by atoms with E-state index >= 15 is 4.79 Å². The molecule has 2 N–H and O–H groups in total. The van der Waals surface area contributed by atoms with Crippen LogP contribution in [0, 0.1) is 29.3 Å². The average Bonchev–Trinajstić information content (AvgIpc) is 3.20. The van der Waals surface area contributed by atoms with Crippen LogP contribution in [0.15, 0.2) is 71.8 Å². The Kier molecular flexibility index (Phi) is 12.8. The molecule has 4 aliphatic rings. The zero-order valence-corrected chi connectivity index (χ0v) is 36.8. The highest BCUT2D eigenvalue weighted by atomic mass is 16.6. The molecule has 1 heterocycles. The number of benzene rings is 2. The van der Waals surface area contributed by atoms with E-state index in [9.17, 15) is 24.3 Å². The summed E-state index contributed by atoms with van der Waals surface area (Å²) in [5.74, 6) is -4.39. The van der Waals surface area contributed by atoms with Crippen molar-refractivity contribution in [1.29, 1.82) is 0 Å². The Balaban J connectivity index is 1.54. The smallest absolute Gasteiger partial charge is 0.408 e. The summed E-state index contributed by atoms with van der Waals surface area (Å²) in [4.78, 5) is 70.9. The Bertz CT molecular complexity index is 2120. The Labute approximate surface area is 362 Å². The number of terminal acetylenes is 1. The Morgan fingerprint density at radius 2 is 1.60 bits per heavy atom. The van der Waals surface area contributed by atoms with Crippen molar-refractivity contribution in [2.24, 2.45) is 16.7 Å². The third kappa shape index (κ3) is 7.87. The van der Waals surface area contributed by atoms with Crippen molar-refractivity contribution in [3.05, 3.63) is 82.9 Å². The molecule has 3 aliphatic carbocycles. The highest BCUT2D eigenvalue weighted by Gasteiger charge is 2.78. The van der Waals surface area contributed by atoms with E-state index < -0.39 is 112 Å². The summed E-state index contributed by atoms with van der Waals surface area (Å²) in [5, 5.41) is 16.5. The molecule has 2 unspecified atom stereocenters. The molecular weight excluding hydrogens is 803 g/mol. The summed E-state index contributed by atoms with van der Waals surface area (Å²) >= 11 is 0. The molecule has 15 heteroatoms. The van der Waals surface area contributed by atoms with Gasteiger partial charge in [-0.15, -0.1) is 0 Å². The number of amides is 1. The van der Waals surface area contributed by atoms with Gasteiger partial charge in [0.05, 0.1) is 29.6 Å². The van der Waals surface area contributed by atoms with Gasteiger partial charge in [-0.2, -0.15) is 0 Å². The summed E-state index contributed by atoms with van der Waals surface area (Å²) in [6.45, 7) is 12.8. The molecule has 1 amide bonds. The van der Waals surface area contributed by atoms with E-state index in [0.29, 0.717) is 11.1 Å². The number of carbonyl (C=O) groups excluding carboxylic acids is 5. The lowest BCUT2D eigenvalue weighted by Crippen LogP contribution is -2.82. The average molecular weight is 860 g/mol. The molecule has 2 bridgehead atoms. The van der Waals surface area contributed by atoms with E-state index in [1.807, 2.05) is 0 Å². The van der Waals surface area contributed by atoms with E-state index in [2.05, 4.69) is 11.4 Å². The molecule has 6 rings (SSSR count). The number of ketones is 1. The molecule has 2 aromatic rings. The number of nitrogens with one attached hydrogen (secondary N) is 1. The number of Topliss-reactive ketones (excluding diaryl/α,β-unsaturated/α-hetero) is 1. The molecule has 62 heavy (non-hydrogen) atoms. The molecule has 0 spiro atoms. The van der Waals surface area contributed by atoms with Gasteiger partial charge < -0.3 is 48.3 Å². The van der Waals surface area contributed by atoms with Crippen molar-refractivity contribution >= 4 is 29.8 Å². The number of carbonyl (C=O) groups is 5. The van der Waals surface area contributed by atoms with Gasteiger partial charge in [0, 0.05) is 39.4 Å². The first-order valence-corrected chi connectivity index (χ1v) is 20.6. The summed E-state index contributed by atoms with van der Waals surface area (Å²) in [5.41, 5.74) is -6.66. The van der Waals surface area contributed by atoms with E-state index in [1.165, 1.54) is 21.1 Å². The maximum Gasteiger partial charge on any atom is 0.408 e. The van der Waals surface area contributed by atoms with Gasteiger partial charge in [0.2, 0.25) is 6.10 Å². The molecule has 0 radical (unpaired) electrons. The number of aliphatic hydroxyl groups is 1. The zero-order chi connectivity index (χ0) is 45.6. The van der Waals surface area contributed by atoms with Crippen LogP contribution in [-0.4, -0.2) is 109 Å². The predicted molar refractivity (Wildman–Crippen MR) is 221 cm³/mol. The van der Waals surface area contributed by atoms with Crippen LogP contribution in [-0.2, 0) is 52.3 Å². The minimum Gasteiger partial charge on any atom is -0.455 e. The topological polar surface area (TPSA) is 191 Å². The number of hydrogen-bond donors (Lipinski definition) is 2. The van der Waals surface area contributed by atoms with Crippen LogP contribution in [0.3, 0.4) is 0 Å². The van der Waals surface area contributed by atoms with E-state index in [4.69, 9.17) is 44.3 Å². The standard InChI is InChI=1S/C47H57NO14/c1-12-57-36(34(28-19-15-13-16-20-28)48-42(53)62-43(4,5)6)41(52)59-30-24-47(54)39(60-40(51)29-21-17-14-18-22-29)37-45(9,38(50)35(56-11)33(26(30)2)44(47,7)8)31(55-10)23-32-46(37,25-58-32)61-27(3)49/h1,13-22,30-32,34-37,39,54H,23-25H2,2-11H3,(H,48,53)/t30-,31-,32+,34-,35+,36+,37?,39-,45+,46-,47?/m0/s1. The fourth-order valence-electron chi connectivity index (χ4n) is 10.2. The number of fused-ring (bicyclic) bond motifs is 5. The molecule has 0 aromatic heterocycles. The van der Waals surface area contributed by atoms with Crippen LogP contribution >= 0.6 is 0 Å². The highest BCUT2D eigenvalue weighted by Crippen LogP contribution is 2.64. The van der Waals surface area contributed by atoms with Gasteiger partial charge in [0.25, 0.3) is 0 Å². The third-order valence-electron chi connectivity index (χ3n) is 13.2. The van der Waals surface area contributed by atoms with Gasteiger partial charge >= 0.3 is 24.0 Å². The summed E-state index contributed by atoms with van der Waals surface area (Å²) in [6.07, 6.45) is -1.24. The SMILES string of the molecule is C#CO[C@@H](C(=O)O[C@H]1CC2(O)[C@@H](OC(=O)c3ccccc3)C3[C@](C)(C(=O)[C@H](OC)C(=C1C)C2(C)C)[C@@H](OC)C[C@H]1OC[C@@]31OC(C)=O)[C@@H](NC(=O)OC(C)(C)C)c1ccccc1. The maximum absolute atomic E-state index is 15.6. The molecule has 11 atom stereocenters. The number of rotatable bonds is 11. The number of methoxy groups -OCH3 is 2. The van der Waals surface area contributed by atoms with Crippen molar-refractivity contribution in [2.45, 2.75) is 128 Å². The first kappa shape index (κ1) is 46.2. The predicted octanol–water partition coefficient (Wildman–Crippen LogP) is 5.18. The van der Waals surface area contributed by atoms with Crippen LogP contribution in [0.25, 0.3) is 0 Å². The Morgan fingerprint density at radius 3 is 2.13 bits per heavy atom. The lowest BCUT2D eigenvalue weighted by molar-refractivity contribution is -0.347. The first-order chi connectivity index (χ1) is 29.1. The Morgan fingerprint density at radius 1 is 0.968 bits per heavy atom. The normalized spacial score (nSPS) is 32.1. The number of hydrogen-bond acceptors (Lipinski definition) is 14. The number of ether oxygens (including phenoxy) is 8. The number of esters is 3. The van der Waals surface area contributed by atoms with Gasteiger partial charge in [-0.25, -0.2) is 14.4 Å². The van der Waals surface area contributed by atoms with Gasteiger partial charge in [-0.05, 0) is 63.5 Å². The van der Waals surface area contributed by atoms with E-state index in [0.717, 1.165) is 0 Å². The Hall–Kier alpha value is -5.27. The molecule has 2 aromatic carbocycles. The first-order valence-electron chi connectivity index (χ1n) is 20.6. The lowest BCUT2D eigenvalue weighted by atomic mass is 9.44. The van der Waals surface area contributed by atoms with Gasteiger partial charge in [0.15, 0.2) is 11.4 Å².